The molecular weight excluding hydrogens is 362 g/mol. The van der Waals surface area contributed by atoms with Crippen molar-refractivity contribution in [2.45, 2.75) is 25.7 Å². The number of nitrogens with one attached hydrogen (secondary N) is 1. The van der Waals surface area contributed by atoms with Crippen LogP contribution in [0, 0.1) is 0 Å². The van der Waals surface area contributed by atoms with Gasteiger partial charge in [0.15, 0.2) is 5.76 Å². The number of aromatic nitrogens is 1. The third-order valence-electron chi connectivity index (χ3n) is 4.52. The zero-order chi connectivity index (χ0) is 18.8. The van der Waals surface area contributed by atoms with E-state index in [-0.39, 0.29) is 11.7 Å². The Bertz CT molecular complexity index is 984. The van der Waals surface area contributed by atoms with Crippen LogP contribution in [0.2, 0.25) is 0 Å². The molecule has 0 saturated heterocycles. The Morgan fingerprint density at radius 1 is 1.22 bits per heavy atom. The van der Waals surface area contributed by atoms with Crippen molar-refractivity contribution in [3.63, 3.8) is 0 Å². The first-order chi connectivity index (χ1) is 13.1. The first-order valence-electron chi connectivity index (χ1n) is 8.86. The zero-order valence-corrected chi connectivity index (χ0v) is 15.5. The van der Waals surface area contributed by atoms with Crippen LogP contribution in [0.5, 0.6) is 0 Å². The van der Waals surface area contributed by atoms with Crippen molar-refractivity contribution in [1.29, 1.82) is 0 Å². The molecule has 0 aliphatic heterocycles. The molecule has 1 aliphatic carbocycles. The van der Waals surface area contributed by atoms with E-state index in [1.165, 1.54) is 23.1 Å². The maximum Gasteiger partial charge on any atom is 0.284 e. The summed E-state index contributed by atoms with van der Waals surface area (Å²) in [6.07, 6.45) is 4.16. The highest BCUT2D eigenvalue weighted by molar-refractivity contribution is 7.11. The maximum atomic E-state index is 12.4. The van der Waals surface area contributed by atoms with Crippen LogP contribution in [-0.2, 0) is 19.3 Å². The van der Waals surface area contributed by atoms with Crippen LogP contribution in [0.4, 0.5) is 0 Å². The molecule has 0 bridgehead atoms. The molecule has 7 heteroatoms. The number of fused-ring (bicyclic) bond motifs is 1. The van der Waals surface area contributed by atoms with E-state index in [4.69, 9.17) is 10.2 Å². The first kappa shape index (κ1) is 17.5. The number of furan rings is 1. The topological polar surface area (TPSA) is 98.2 Å². The second-order valence-corrected chi connectivity index (χ2v) is 7.61. The molecule has 0 radical (unpaired) electrons. The number of hydrogen-bond donors (Lipinski definition) is 2. The molecule has 1 aromatic carbocycles. The average molecular weight is 381 g/mol. The van der Waals surface area contributed by atoms with Gasteiger partial charge in [0.25, 0.3) is 11.8 Å². The van der Waals surface area contributed by atoms with Crippen molar-refractivity contribution >= 4 is 23.2 Å². The van der Waals surface area contributed by atoms with Crippen molar-refractivity contribution in [3.05, 3.63) is 63.3 Å². The highest BCUT2D eigenvalue weighted by Crippen LogP contribution is 2.27. The predicted molar refractivity (Wildman–Crippen MR) is 103 cm³/mol. The van der Waals surface area contributed by atoms with Gasteiger partial charge in [0.2, 0.25) is 0 Å². The van der Waals surface area contributed by atoms with Gasteiger partial charge in [-0.1, -0.05) is 12.1 Å². The molecule has 0 fully saturated rings. The minimum Gasteiger partial charge on any atom is -0.451 e. The van der Waals surface area contributed by atoms with Crippen LogP contribution in [0.1, 0.15) is 42.9 Å². The Balaban J connectivity index is 1.38. The Morgan fingerprint density at radius 2 is 2.11 bits per heavy atom. The minimum absolute atomic E-state index is 0.0928. The molecule has 0 saturated carbocycles. The summed E-state index contributed by atoms with van der Waals surface area (Å²) in [6.45, 7) is 0.544. The number of hydrogen-bond acceptors (Lipinski definition) is 5. The number of primary amides is 1. The highest BCUT2D eigenvalue weighted by Gasteiger charge is 2.16. The molecule has 2 heterocycles. The van der Waals surface area contributed by atoms with Gasteiger partial charge in [-0.25, -0.2) is 4.98 Å². The van der Waals surface area contributed by atoms with E-state index in [1.54, 1.807) is 35.6 Å². The average Bonchev–Trinajstić information content (AvgIpc) is 3.37. The fourth-order valence-corrected chi connectivity index (χ4v) is 4.33. The van der Waals surface area contributed by atoms with E-state index in [0.717, 1.165) is 24.3 Å². The standard InChI is InChI=1S/C20H19N3O3S/c21-19(24)16-8-7-15(26-16)12-3-1-4-13(11-12)20(25)22-10-9-18-23-14-5-2-6-17(14)27-18/h1,3-4,7-8,11H,2,5-6,9-10H2,(H2,21,24)(H,22,25). The summed E-state index contributed by atoms with van der Waals surface area (Å²) < 4.78 is 5.42. The molecule has 2 amide bonds. The molecule has 3 aromatic rings. The summed E-state index contributed by atoms with van der Waals surface area (Å²) in [5.41, 5.74) is 7.69. The van der Waals surface area contributed by atoms with Gasteiger partial charge in [0.05, 0.1) is 10.7 Å². The van der Waals surface area contributed by atoms with Gasteiger partial charge in [-0.15, -0.1) is 11.3 Å². The Morgan fingerprint density at radius 3 is 2.89 bits per heavy atom. The molecule has 3 N–H and O–H groups in total. The summed E-state index contributed by atoms with van der Waals surface area (Å²) >= 11 is 1.76. The third-order valence-corrected chi connectivity index (χ3v) is 5.74. The Kier molecular flexibility index (Phi) is 4.77. The predicted octanol–water partition coefficient (Wildman–Crippen LogP) is 2.96. The number of rotatable bonds is 6. The number of nitrogens with zero attached hydrogens (tertiary/aromatic N) is 1. The normalized spacial score (nSPS) is 12.7. The minimum atomic E-state index is -0.622. The van der Waals surface area contributed by atoms with Gasteiger partial charge in [-0.05, 0) is 43.5 Å². The van der Waals surface area contributed by atoms with Gasteiger partial charge in [-0.3, -0.25) is 9.59 Å². The van der Waals surface area contributed by atoms with Crippen LogP contribution < -0.4 is 11.1 Å². The zero-order valence-electron chi connectivity index (χ0n) is 14.7. The Labute approximate surface area is 160 Å². The van der Waals surface area contributed by atoms with Crippen LogP contribution >= 0.6 is 11.3 Å². The largest absolute Gasteiger partial charge is 0.451 e. The lowest BCUT2D eigenvalue weighted by Gasteiger charge is -2.05. The first-order valence-corrected chi connectivity index (χ1v) is 9.67. The molecule has 1 aliphatic rings. The van der Waals surface area contributed by atoms with Gasteiger partial charge in [-0.2, -0.15) is 0 Å². The summed E-state index contributed by atoms with van der Waals surface area (Å²) in [6, 6.07) is 10.3. The van der Waals surface area contributed by atoms with Crippen LogP contribution in [0.25, 0.3) is 11.3 Å². The number of carbonyl (C=O) groups is 2. The van der Waals surface area contributed by atoms with Gasteiger partial charge >= 0.3 is 0 Å². The number of nitrogens with two attached hydrogens (primary N) is 1. The number of thiazole rings is 1. The number of carbonyl (C=O) groups excluding carboxylic acids is 2. The van der Waals surface area contributed by atoms with Crippen LogP contribution in [0.3, 0.4) is 0 Å². The second kappa shape index (κ2) is 7.36. The third kappa shape index (κ3) is 3.78. The van der Waals surface area contributed by atoms with Crippen LogP contribution in [0.15, 0.2) is 40.8 Å². The molecular formula is C20H19N3O3S. The monoisotopic (exact) mass is 381 g/mol. The lowest BCUT2D eigenvalue weighted by atomic mass is 10.1. The van der Waals surface area contributed by atoms with Gasteiger partial charge in [0, 0.05) is 29.0 Å². The highest BCUT2D eigenvalue weighted by atomic mass is 32.1. The fraction of sp³-hybridized carbons (Fsp3) is 0.250. The quantitative estimate of drug-likeness (QED) is 0.686. The van der Waals surface area contributed by atoms with E-state index in [9.17, 15) is 9.59 Å². The molecule has 0 atom stereocenters. The van der Waals surface area contributed by atoms with Crippen molar-refractivity contribution < 1.29 is 14.0 Å². The van der Waals surface area contributed by atoms with E-state index in [0.29, 0.717) is 23.4 Å². The molecule has 2 aromatic heterocycles. The lowest BCUT2D eigenvalue weighted by molar-refractivity contribution is 0.0951. The second-order valence-electron chi connectivity index (χ2n) is 6.45. The molecule has 6 nitrogen and oxygen atoms in total. The fourth-order valence-electron chi connectivity index (χ4n) is 3.17. The van der Waals surface area contributed by atoms with E-state index >= 15 is 0 Å². The summed E-state index contributed by atoms with van der Waals surface area (Å²) in [7, 11) is 0. The molecule has 0 unspecified atom stereocenters. The van der Waals surface area contributed by atoms with Crippen molar-refractivity contribution in [2.75, 3.05) is 6.54 Å². The number of amides is 2. The van der Waals surface area contributed by atoms with Crippen LogP contribution in [-0.4, -0.2) is 23.3 Å². The summed E-state index contributed by atoms with van der Waals surface area (Å²) in [5, 5.41) is 4.02. The molecule has 138 valence electrons. The number of aryl methyl sites for hydroxylation is 2. The number of benzene rings is 1. The van der Waals surface area contributed by atoms with Crippen molar-refractivity contribution in [2.24, 2.45) is 5.73 Å². The van der Waals surface area contributed by atoms with E-state index < -0.39 is 5.91 Å². The van der Waals surface area contributed by atoms with E-state index in [2.05, 4.69) is 10.3 Å². The van der Waals surface area contributed by atoms with Gasteiger partial charge in [0.1, 0.15) is 5.76 Å². The Hall–Kier alpha value is -2.93. The van der Waals surface area contributed by atoms with Gasteiger partial charge < -0.3 is 15.5 Å². The summed E-state index contributed by atoms with van der Waals surface area (Å²) in [5.74, 6) is -0.183. The van der Waals surface area contributed by atoms with Crippen molar-refractivity contribution in [1.82, 2.24) is 10.3 Å². The van der Waals surface area contributed by atoms with E-state index in [1.807, 2.05) is 6.07 Å². The molecule has 27 heavy (non-hydrogen) atoms. The molecule has 4 rings (SSSR count). The SMILES string of the molecule is NC(=O)c1ccc(-c2cccc(C(=O)NCCc3nc4c(s3)CCC4)c2)o1. The maximum absolute atomic E-state index is 12.4. The van der Waals surface area contributed by atoms with Crippen molar-refractivity contribution in [3.8, 4) is 11.3 Å². The lowest BCUT2D eigenvalue weighted by Crippen LogP contribution is -2.25. The molecule has 0 spiro atoms. The summed E-state index contributed by atoms with van der Waals surface area (Å²) in [4.78, 5) is 29.6. The smallest absolute Gasteiger partial charge is 0.284 e.